The second kappa shape index (κ2) is 4.94. The summed E-state index contributed by atoms with van der Waals surface area (Å²) in [4.78, 5) is 0. The number of benzene rings is 2. The molecule has 0 aliphatic heterocycles. The Morgan fingerprint density at radius 2 is 1.89 bits per heavy atom. The standard InChI is InChI=1S/C15H12BrClO/c16-13-3-1-2-10-4-9-14(15(10)13)18-12-7-5-11(17)6-8-12/h1-3,5-8,14H,4,9H2. The summed E-state index contributed by atoms with van der Waals surface area (Å²) >= 11 is 9.48. The maximum atomic E-state index is 6.05. The molecule has 0 heterocycles. The number of rotatable bonds is 2. The van der Waals surface area contributed by atoms with Gasteiger partial charge in [-0.2, -0.15) is 0 Å². The van der Waals surface area contributed by atoms with Gasteiger partial charge in [0.25, 0.3) is 0 Å². The maximum Gasteiger partial charge on any atom is 0.125 e. The molecule has 0 saturated heterocycles. The summed E-state index contributed by atoms with van der Waals surface area (Å²) in [6.45, 7) is 0. The normalized spacial score (nSPS) is 17.6. The molecule has 18 heavy (non-hydrogen) atoms. The summed E-state index contributed by atoms with van der Waals surface area (Å²) in [7, 11) is 0. The molecule has 0 aromatic heterocycles. The molecule has 0 N–H and O–H groups in total. The van der Waals surface area contributed by atoms with Crippen LogP contribution in [0.15, 0.2) is 46.9 Å². The highest BCUT2D eigenvalue weighted by atomic mass is 79.9. The predicted octanol–water partition coefficient (Wildman–Crippen LogP) is 5.17. The number of fused-ring (bicyclic) bond motifs is 1. The first-order valence-electron chi connectivity index (χ1n) is 5.93. The van der Waals surface area contributed by atoms with Crippen LogP contribution in [0.4, 0.5) is 0 Å². The predicted molar refractivity (Wildman–Crippen MR) is 77.3 cm³/mol. The number of ether oxygens (including phenoxy) is 1. The van der Waals surface area contributed by atoms with Gasteiger partial charge in [-0.25, -0.2) is 0 Å². The van der Waals surface area contributed by atoms with Crippen LogP contribution in [-0.4, -0.2) is 0 Å². The van der Waals surface area contributed by atoms with E-state index in [1.165, 1.54) is 11.1 Å². The van der Waals surface area contributed by atoms with Gasteiger partial charge >= 0.3 is 0 Å². The lowest BCUT2D eigenvalue weighted by molar-refractivity contribution is 0.207. The highest BCUT2D eigenvalue weighted by Crippen LogP contribution is 2.39. The molecule has 2 aromatic rings. The van der Waals surface area contributed by atoms with E-state index in [2.05, 4.69) is 34.1 Å². The molecule has 0 fully saturated rings. The molecule has 2 aromatic carbocycles. The van der Waals surface area contributed by atoms with Crippen molar-refractivity contribution in [1.82, 2.24) is 0 Å². The molecule has 0 amide bonds. The first-order chi connectivity index (χ1) is 8.74. The van der Waals surface area contributed by atoms with E-state index in [4.69, 9.17) is 16.3 Å². The van der Waals surface area contributed by atoms with Gasteiger partial charge in [0, 0.05) is 15.1 Å². The number of hydrogen-bond donors (Lipinski definition) is 0. The lowest BCUT2D eigenvalue weighted by Gasteiger charge is -2.16. The molecule has 1 unspecified atom stereocenters. The van der Waals surface area contributed by atoms with E-state index < -0.39 is 0 Å². The topological polar surface area (TPSA) is 9.23 Å². The lowest BCUT2D eigenvalue weighted by Crippen LogP contribution is -2.04. The second-order valence-corrected chi connectivity index (χ2v) is 5.70. The van der Waals surface area contributed by atoms with Crippen LogP contribution in [-0.2, 0) is 6.42 Å². The zero-order chi connectivity index (χ0) is 12.5. The summed E-state index contributed by atoms with van der Waals surface area (Å²) in [6.07, 6.45) is 2.24. The molecular weight excluding hydrogens is 312 g/mol. The lowest BCUT2D eigenvalue weighted by atomic mass is 10.1. The van der Waals surface area contributed by atoms with Crippen molar-refractivity contribution in [2.45, 2.75) is 18.9 Å². The Balaban J connectivity index is 1.86. The van der Waals surface area contributed by atoms with Crippen LogP contribution < -0.4 is 4.74 Å². The summed E-state index contributed by atoms with van der Waals surface area (Å²) in [5.41, 5.74) is 2.66. The van der Waals surface area contributed by atoms with Crippen molar-refractivity contribution in [2.75, 3.05) is 0 Å². The third-order valence-corrected chi connectivity index (χ3v) is 4.18. The maximum absolute atomic E-state index is 6.05. The van der Waals surface area contributed by atoms with Gasteiger partial charge in [0.05, 0.1) is 0 Å². The Morgan fingerprint density at radius 1 is 1.11 bits per heavy atom. The van der Waals surface area contributed by atoms with Crippen LogP contribution >= 0.6 is 27.5 Å². The Morgan fingerprint density at radius 3 is 2.67 bits per heavy atom. The third kappa shape index (κ3) is 2.27. The second-order valence-electron chi connectivity index (χ2n) is 4.41. The fourth-order valence-corrected chi connectivity index (χ4v) is 3.18. The highest BCUT2D eigenvalue weighted by Gasteiger charge is 2.26. The van der Waals surface area contributed by atoms with Gasteiger partial charge in [-0.15, -0.1) is 0 Å². The van der Waals surface area contributed by atoms with E-state index >= 15 is 0 Å². The number of aryl methyl sites for hydroxylation is 1. The first kappa shape index (κ1) is 12.1. The minimum atomic E-state index is 0.136. The van der Waals surface area contributed by atoms with Gasteiger partial charge in [0.1, 0.15) is 11.9 Å². The largest absolute Gasteiger partial charge is 0.486 e. The van der Waals surface area contributed by atoms with Crippen LogP contribution in [0.3, 0.4) is 0 Å². The molecule has 0 saturated carbocycles. The molecule has 3 rings (SSSR count). The smallest absolute Gasteiger partial charge is 0.125 e. The van der Waals surface area contributed by atoms with Crippen LogP contribution in [0.1, 0.15) is 23.7 Å². The minimum absolute atomic E-state index is 0.136. The van der Waals surface area contributed by atoms with Crippen molar-refractivity contribution in [3.8, 4) is 5.75 Å². The molecule has 1 atom stereocenters. The summed E-state index contributed by atoms with van der Waals surface area (Å²) < 4.78 is 7.18. The van der Waals surface area contributed by atoms with Gasteiger partial charge in [0.15, 0.2) is 0 Å². The van der Waals surface area contributed by atoms with E-state index in [0.29, 0.717) is 0 Å². The average Bonchev–Trinajstić information content (AvgIpc) is 2.77. The molecule has 1 aliphatic carbocycles. The van der Waals surface area contributed by atoms with Crippen molar-refractivity contribution < 1.29 is 4.74 Å². The van der Waals surface area contributed by atoms with Crippen LogP contribution in [0, 0.1) is 0 Å². The van der Waals surface area contributed by atoms with E-state index in [9.17, 15) is 0 Å². The number of hydrogen-bond acceptors (Lipinski definition) is 1. The van der Waals surface area contributed by atoms with Crippen molar-refractivity contribution >= 4 is 27.5 Å². The Labute approximate surface area is 120 Å². The Bertz CT molecular complexity index is 565. The van der Waals surface area contributed by atoms with Crippen LogP contribution in [0.5, 0.6) is 5.75 Å². The van der Waals surface area contributed by atoms with Gasteiger partial charge in [-0.05, 0) is 48.7 Å². The summed E-state index contributed by atoms with van der Waals surface area (Å²) in [5.74, 6) is 0.869. The van der Waals surface area contributed by atoms with E-state index in [1.54, 1.807) is 0 Å². The SMILES string of the molecule is Clc1ccc(OC2CCc3cccc(Br)c32)cc1. The van der Waals surface area contributed by atoms with E-state index in [1.807, 2.05) is 24.3 Å². The third-order valence-electron chi connectivity index (χ3n) is 3.23. The monoisotopic (exact) mass is 322 g/mol. The van der Waals surface area contributed by atoms with Gasteiger partial charge < -0.3 is 4.74 Å². The van der Waals surface area contributed by atoms with Crippen LogP contribution in [0.2, 0.25) is 5.02 Å². The average molecular weight is 324 g/mol. The summed E-state index contributed by atoms with van der Waals surface area (Å²) in [6, 6.07) is 13.9. The zero-order valence-electron chi connectivity index (χ0n) is 9.70. The summed E-state index contributed by atoms with van der Waals surface area (Å²) in [5, 5.41) is 0.732. The van der Waals surface area contributed by atoms with Crippen LogP contribution in [0.25, 0.3) is 0 Å². The Hall–Kier alpha value is -0.990. The molecule has 0 bridgehead atoms. The molecule has 3 heteroatoms. The van der Waals surface area contributed by atoms with Crippen molar-refractivity contribution in [2.24, 2.45) is 0 Å². The molecule has 0 radical (unpaired) electrons. The fourth-order valence-electron chi connectivity index (χ4n) is 2.39. The minimum Gasteiger partial charge on any atom is -0.486 e. The Kier molecular flexibility index (Phi) is 3.31. The van der Waals surface area contributed by atoms with Crippen molar-refractivity contribution in [3.63, 3.8) is 0 Å². The quantitative estimate of drug-likeness (QED) is 0.741. The van der Waals surface area contributed by atoms with Gasteiger partial charge in [-0.3, -0.25) is 0 Å². The van der Waals surface area contributed by atoms with E-state index in [0.717, 1.165) is 28.1 Å². The molecule has 0 spiro atoms. The molecular formula is C15H12BrClO. The van der Waals surface area contributed by atoms with Crippen molar-refractivity contribution in [3.05, 3.63) is 63.1 Å². The van der Waals surface area contributed by atoms with Crippen molar-refractivity contribution in [1.29, 1.82) is 0 Å². The molecule has 1 aliphatic rings. The first-order valence-corrected chi connectivity index (χ1v) is 7.10. The fraction of sp³-hybridized carbons (Fsp3) is 0.200. The molecule has 1 nitrogen and oxygen atoms in total. The molecule has 92 valence electrons. The number of halogens is 2. The van der Waals surface area contributed by atoms with Gasteiger partial charge in [-0.1, -0.05) is 39.7 Å². The van der Waals surface area contributed by atoms with Gasteiger partial charge in [0.2, 0.25) is 0 Å². The zero-order valence-corrected chi connectivity index (χ0v) is 12.0. The highest BCUT2D eigenvalue weighted by molar-refractivity contribution is 9.10. The van der Waals surface area contributed by atoms with E-state index in [-0.39, 0.29) is 6.10 Å².